The highest BCUT2D eigenvalue weighted by Gasteiger charge is 2.06. The summed E-state index contributed by atoms with van der Waals surface area (Å²) in [7, 11) is 0. The summed E-state index contributed by atoms with van der Waals surface area (Å²) < 4.78 is 0. The molecule has 2 rings (SSSR count). The summed E-state index contributed by atoms with van der Waals surface area (Å²) in [6.45, 7) is 2.76. The van der Waals surface area contributed by atoms with Gasteiger partial charge in [-0.1, -0.05) is 0 Å². The van der Waals surface area contributed by atoms with Crippen LogP contribution in [0.1, 0.15) is 22.8 Å². The fourth-order valence-electron chi connectivity index (χ4n) is 1.65. The number of amides is 1. The first-order valence-corrected chi connectivity index (χ1v) is 6.24. The molecule has 1 amide bonds. The molecule has 1 aromatic heterocycles. The van der Waals surface area contributed by atoms with E-state index in [0.29, 0.717) is 16.8 Å². The number of carbonyl (C=O) groups excluding carboxylic acids is 1. The van der Waals surface area contributed by atoms with E-state index in [-0.39, 0.29) is 5.91 Å². The Morgan fingerprint density at radius 3 is 2.55 bits per heavy atom. The Balaban J connectivity index is 2.05. The minimum absolute atomic E-state index is 0.231. The van der Waals surface area contributed by atoms with Gasteiger partial charge in [-0.15, -0.1) is 0 Å². The van der Waals surface area contributed by atoms with Gasteiger partial charge in [-0.2, -0.15) is 5.26 Å². The summed E-state index contributed by atoms with van der Waals surface area (Å²) in [6, 6.07) is 12.2. The highest BCUT2D eigenvalue weighted by atomic mass is 16.1. The van der Waals surface area contributed by atoms with Crippen LogP contribution in [0.15, 0.2) is 42.6 Å². The Labute approximate surface area is 117 Å². The molecule has 2 N–H and O–H groups in total. The number of nitrogens with zero attached hydrogens (tertiary/aromatic N) is 2. The van der Waals surface area contributed by atoms with Crippen molar-refractivity contribution in [3.8, 4) is 6.07 Å². The first kappa shape index (κ1) is 13.6. The number of pyridine rings is 1. The molecule has 0 atom stereocenters. The van der Waals surface area contributed by atoms with Gasteiger partial charge >= 0.3 is 0 Å². The molecule has 0 aliphatic heterocycles. The third kappa shape index (κ3) is 3.33. The number of hydrogen-bond donors (Lipinski definition) is 2. The largest absolute Gasteiger partial charge is 0.370 e. The standard InChI is InChI=1S/C15H14N4O/c1-2-17-14-8-5-12(10-18-14)15(20)19-13-6-3-11(9-16)4-7-13/h3-8,10H,2H2,1H3,(H,17,18)(H,19,20). The van der Waals surface area contributed by atoms with Gasteiger partial charge in [0, 0.05) is 18.4 Å². The normalized spacial score (nSPS) is 9.60. The monoisotopic (exact) mass is 266 g/mol. The lowest BCUT2D eigenvalue weighted by Gasteiger charge is -2.06. The van der Waals surface area contributed by atoms with Crippen molar-refractivity contribution >= 4 is 17.4 Å². The van der Waals surface area contributed by atoms with Crippen molar-refractivity contribution in [3.63, 3.8) is 0 Å². The van der Waals surface area contributed by atoms with Crippen LogP contribution < -0.4 is 10.6 Å². The second-order valence-electron chi connectivity index (χ2n) is 4.11. The Morgan fingerprint density at radius 2 is 2.00 bits per heavy atom. The zero-order chi connectivity index (χ0) is 14.4. The van der Waals surface area contributed by atoms with E-state index in [2.05, 4.69) is 15.6 Å². The molecule has 0 unspecified atom stereocenters. The van der Waals surface area contributed by atoms with Crippen LogP contribution >= 0.6 is 0 Å². The number of aromatic nitrogens is 1. The van der Waals surface area contributed by atoms with Crippen LogP contribution in [0.3, 0.4) is 0 Å². The quantitative estimate of drug-likeness (QED) is 0.891. The Morgan fingerprint density at radius 1 is 1.25 bits per heavy atom. The number of nitriles is 1. The molecule has 20 heavy (non-hydrogen) atoms. The summed E-state index contributed by atoms with van der Waals surface area (Å²) in [6.07, 6.45) is 1.52. The molecular weight excluding hydrogens is 252 g/mol. The first-order valence-electron chi connectivity index (χ1n) is 6.24. The van der Waals surface area contributed by atoms with Crippen LogP contribution in [-0.2, 0) is 0 Å². The average Bonchev–Trinajstić information content (AvgIpc) is 2.49. The lowest BCUT2D eigenvalue weighted by Crippen LogP contribution is -2.12. The lowest BCUT2D eigenvalue weighted by atomic mass is 10.2. The average molecular weight is 266 g/mol. The number of benzene rings is 1. The molecule has 1 heterocycles. The van der Waals surface area contributed by atoms with E-state index in [0.717, 1.165) is 12.4 Å². The molecule has 0 fully saturated rings. The van der Waals surface area contributed by atoms with E-state index in [9.17, 15) is 4.79 Å². The number of nitrogens with one attached hydrogen (secondary N) is 2. The van der Waals surface area contributed by atoms with Crippen LogP contribution in [-0.4, -0.2) is 17.4 Å². The number of rotatable bonds is 4. The Bertz CT molecular complexity index is 626. The van der Waals surface area contributed by atoms with Crippen LogP contribution in [0.25, 0.3) is 0 Å². The van der Waals surface area contributed by atoms with Crippen molar-refractivity contribution < 1.29 is 4.79 Å². The molecule has 0 aliphatic rings. The van der Waals surface area contributed by atoms with E-state index >= 15 is 0 Å². The van der Waals surface area contributed by atoms with Gasteiger partial charge in [0.05, 0.1) is 17.2 Å². The van der Waals surface area contributed by atoms with E-state index in [1.165, 1.54) is 6.20 Å². The molecule has 0 spiro atoms. The maximum Gasteiger partial charge on any atom is 0.257 e. The zero-order valence-electron chi connectivity index (χ0n) is 11.1. The van der Waals surface area contributed by atoms with Gasteiger partial charge in [0.25, 0.3) is 5.91 Å². The van der Waals surface area contributed by atoms with Gasteiger partial charge in [0.1, 0.15) is 5.82 Å². The van der Waals surface area contributed by atoms with Crippen LogP contribution in [0, 0.1) is 11.3 Å². The topological polar surface area (TPSA) is 77.8 Å². The summed E-state index contributed by atoms with van der Waals surface area (Å²) in [5.74, 6) is 0.507. The highest BCUT2D eigenvalue weighted by molar-refractivity contribution is 6.04. The van der Waals surface area contributed by atoms with Crippen LogP contribution in [0.4, 0.5) is 11.5 Å². The van der Waals surface area contributed by atoms with Gasteiger partial charge in [-0.05, 0) is 43.3 Å². The number of hydrogen-bond acceptors (Lipinski definition) is 4. The van der Waals surface area contributed by atoms with E-state index in [4.69, 9.17) is 5.26 Å². The minimum Gasteiger partial charge on any atom is -0.370 e. The fourth-order valence-corrected chi connectivity index (χ4v) is 1.65. The molecule has 0 aliphatic carbocycles. The molecule has 5 nitrogen and oxygen atoms in total. The maximum absolute atomic E-state index is 12.0. The third-order valence-corrected chi connectivity index (χ3v) is 2.66. The summed E-state index contributed by atoms with van der Waals surface area (Å²) in [5.41, 5.74) is 1.68. The van der Waals surface area contributed by atoms with Gasteiger partial charge in [0.2, 0.25) is 0 Å². The molecular formula is C15H14N4O. The second-order valence-corrected chi connectivity index (χ2v) is 4.11. The van der Waals surface area contributed by atoms with Crippen molar-refractivity contribution in [2.45, 2.75) is 6.92 Å². The molecule has 0 radical (unpaired) electrons. The van der Waals surface area contributed by atoms with E-state index < -0.39 is 0 Å². The second kappa shape index (κ2) is 6.34. The molecule has 0 saturated heterocycles. The van der Waals surface area contributed by atoms with Crippen LogP contribution in [0.2, 0.25) is 0 Å². The fraction of sp³-hybridized carbons (Fsp3) is 0.133. The van der Waals surface area contributed by atoms with Crippen molar-refractivity contribution in [3.05, 3.63) is 53.7 Å². The van der Waals surface area contributed by atoms with Crippen molar-refractivity contribution in [2.24, 2.45) is 0 Å². The highest BCUT2D eigenvalue weighted by Crippen LogP contribution is 2.11. The Hall–Kier alpha value is -2.87. The molecule has 100 valence electrons. The van der Waals surface area contributed by atoms with E-state index in [1.807, 2.05) is 13.0 Å². The summed E-state index contributed by atoms with van der Waals surface area (Å²) in [5, 5.41) is 14.5. The summed E-state index contributed by atoms with van der Waals surface area (Å²) >= 11 is 0. The van der Waals surface area contributed by atoms with Crippen LogP contribution in [0.5, 0.6) is 0 Å². The smallest absolute Gasteiger partial charge is 0.257 e. The predicted molar refractivity (Wildman–Crippen MR) is 77.5 cm³/mol. The van der Waals surface area contributed by atoms with Gasteiger partial charge < -0.3 is 10.6 Å². The van der Waals surface area contributed by atoms with Gasteiger partial charge in [0.15, 0.2) is 0 Å². The molecule has 5 heteroatoms. The number of carbonyl (C=O) groups is 1. The minimum atomic E-state index is -0.231. The van der Waals surface area contributed by atoms with E-state index in [1.54, 1.807) is 36.4 Å². The SMILES string of the molecule is CCNc1ccc(C(=O)Nc2ccc(C#N)cc2)cn1. The molecule has 1 aromatic carbocycles. The van der Waals surface area contributed by atoms with Crippen molar-refractivity contribution in [2.75, 3.05) is 17.2 Å². The van der Waals surface area contributed by atoms with Gasteiger partial charge in [-0.25, -0.2) is 4.98 Å². The summed E-state index contributed by atoms with van der Waals surface area (Å²) in [4.78, 5) is 16.1. The van der Waals surface area contributed by atoms with Crippen molar-refractivity contribution in [1.82, 2.24) is 4.98 Å². The first-order chi connectivity index (χ1) is 9.72. The van der Waals surface area contributed by atoms with Gasteiger partial charge in [-0.3, -0.25) is 4.79 Å². The predicted octanol–water partition coefficient (Wildman–Crippen LogP) is 2.64. The zero-order valence-corrected chi connectivity index (χ0v) is 11.1. The molecule has 0 bridgehead atoms. The third-order valence-electron chi connectivity index (χ3n) is 2.66. The van der Waals surface area contributed by atoms with Crippen molar-refractivity contribution in [1.29, 1.82) is 5.26 Å². The molecule has 2 aromatic rings. The lowest BCUT2D eigenvalue weighted by molar-refractivity contribution is 0.102. The maximum atomic E-state index is 12.0. The molecule has 0 saturated carbocycles. The number of anilines is 2. The Kier molecular flexibility index (Phi) is 4.30.